The Morgan fingerprint density at radius 2 is 1.94 bits per heavy atom. The van der Waals surface area contributed by atoms with Gasteiger partial charge in [0.2, 0.25) is 11.8 Å². The lowest BCUT2D eigenvalue weighted by molar-refractivity contribution is -0.139. The molecule has 1 unspecified atom stereocenters. The van der Waals surface area contributed by atoms with Crippen LogP contribution in [0.15, 0.2) is 28.8 Å². The summed E-state index contributed by atoms with van der Waals surface area (Å²) in [5.41, 5.74) is 2.71. The second kappa shape index (κ2) is 9.09. The van der Waals surface area contributed by atoms with Crippen LogP contribution in [0.1, 0.15) is 35.4 Å². The van der Waals surface area contributed by atoms with Gasteiger partial charge in [-0.25, -0.2) is 0 Å². The molecule has 0 radical (unpaired) electrons. The van der Waals surface area contributed by atoms with Crippen LogP contribution in [-0.4, -0.2) is 59.6 Å². The highest BCUT2D eigenvalue weighted by molar-refractivity contribution is 5.87. The molecule has 0 bridgehead atoms. The van der Waals surface area contributed by atoms with Crippen molar-refractivity contribution in [1.82, 2.24) is 15.0 Å². The lowest BCUT2D eigenvalue weighted by Crippen LogP contribution is -2.40. The Balaban J connectivity index is 1.49. The summed E-state index contributed by atoms with van der Waals surface area (Å²) < 4.78 is 16.6. The van der Waals surface area contributed by atoms with Crippen LogP contribution < -0.4 is 4.74 Å². The third-order valence-corrected chi connectivity index (χ3v) is 5.94. The molecule has 8 nitrogen and oxygen atoms in total. The van der Waals surface area contributed by atoms with E-state index in [0.717, 1.165) is 41.2 Å². The molecule has 1 aromatic heterocycles. The molecule has 31 heavy (non-hydrogen) atoms. The molecular formula is C23H29N3O5. The second-order valence-electron chi connectivity index (χ2n) is 8.35. The van der Waals surface area contributed by atoms with Gasteiger partial charge in [0.1, 0.15) is 11.5 Å². The fourth-order valence-electron chi connectivity index (χ4n) is 3.85. The molecule has 1 saturated heterocycles. The van der Waals surface area contributed by atoms with Crippen molar-refractivity contribution in [1.29, 1.82) is 0 Å². The zero-order valence-corrected chi connectivity index (χ0v) is 18.3. The van der Waals surface area contributed by atoms with E-state index in [1.165, 1.54) is 0 Å². The SMILES string of the molecule is COc1ccc(CN2CC(OCc3c(C)noc3C)CN(C(=O)C3CC3)CC2=O)cc1. The molecule has 2 fully saturated rings. The first kappa shape index (κ1) is 21.4. The van der Waals surface area contributed by atoms with E-state index in [0.29, 0.717) is 26.2 Å². The van der Waals surface area contributed by atoms with E-state index in [9.17, 15) is 9.59 Å². The monoisotopic (exact) mass is 427 g/mol. The third kappa shape index (κ3) is 5.07. The number of amides is 2. The maximum atomic E-state index is 13.0. The van der Waals surface area contributed by atoms with Gasteiger partial charge in [-0.1, -0.05) is 17.3 Å². The molecule has 0 N–H and O–H groups in total. The first-order valence-corrected chi connectivity index (χ1v) is 10.7. The summed E-state index contributed by atoms with van der Waals surface area (Å²) in [6.45, 7) is 5.45. The predicted molar refractivity (Wildman–Crippen MR) is 112 cm³/mol. The van der Waals surface area contributed by atoms with Crippen molar-refractivity contribution >= 4 is 11.8 Å². The van der Waals surface area contributed by atoms with Crippen LogP contribution in [0.3, 0.4) is 0 Å². The van der Waals surface area contributed by atoms with Crippen molar-refractivity contribution in [2.24, 2.45) is 5.92 Å². The summed E-state index contributed by atoms with van der Waals surface area (Å²) in [6, 6.07) is 7.66. The van der Waals surface area contributed by atoms with E-state index in [1.54, 1.807) is 16.9 Å². The molecule has 1 aromatic carbocycles. The Labute approximate surface area is 182 Å². The number of rotatable bonds is 7. The van der Waals surface area contributed by atoms with Gasteiger partial charge in [0.05, 0.1) is 32.1 Å². The number of aryl methyl sites for hydroxylation is 2. The van der Waals surface area contributed by atoms with Crippen LogP contribution in [0.25, 0.3) is 0 Å². The van der Waals surface area contributed by atoms with E-state index in [-0.39, 0.29) is 30.4 Å². The van der Waals surface area contributed by atoms with Crippen LogP contribution in [0.5, 0.6) is 5.75 Å². The Hall–Kier alpha value is -2.87. The Kier molecular flexibility index (Phi) is 6.27. The molecule has 2 aliphatic rings. The molecular weight excluding hydrogens is 398 g/mol. The minimum absolute atomic E-state index is 0.0594. The molecule has 1 aliphatic carbocycles. The number of hydrogen-bond acceptors (Lipinski definition) is 6. The number of carbonyl (C=O) groups is 2. The normalized spacial score (nSPS) is 19.5. The van der Waals surface area contributed by atoms with Crippen molar-refractivity contribution in [3.63, 3.8) is 0 Å². The van der Waals surface area contributed by atoms with Crippen LogP contribution in [-0.2, 0) is 27.5 Å². The van der Waals surface area contributed by atoms with Gasteiger partial charge < -0.3 is 23.8 Å². The van der Waals surface area contributed by atoms with E-state index >= 15 is 0 Å². The smallest absolute Gasteiger partial charge is 0.242 e. The Bertz CT molecular complexity index is 916. The van der Waals surface area contributed by atoms with Gasteiger partial charge in [0.15, 0.2) is 0 Å². The van der Waals surface area contributed by atoms with Crippen molar-refractivity contribution in [3.05, 3.63) is 46.8 Å². The summed E-state index contributed by atoms with van der Waals surface area (Å²) in [5, 5.41) is 3.98. The molecule has 1 saturated carbocycles. The third-order valence-electron chi connectivity index (χ3n) is 5.94. The number of methoxy groups -OCH3 is 1. The Morgan fingerprint density at radius 1 is 1.19 bits per heavy atom. The van der Waals surface area contributed by atoms with Crippen LogP contribution in [0.2, 0.25) is 0 Å². The fraction of sp³-hybridized carbons (Fsp3) is 0.522. The zero-order valence-electron chi connectivity index (χ0n) is 18.3. The predicted octanol–water partition coefficient (Wildman–Crippen LogP) is 2.47. The van der Waals surface area contributed by atoms with Crippen LogP contribution >= 0.6 is 0 Å². The molecule has 1 aliphatic heterocycles. The van der Waals surface area contributed by atoms with Crippen LogP contribution in [0.4, 0.5) is 0 Å². The van der Waals surface area contributed by atoms with Crippen molar-refractivity contribution in [2.45, 2.75) is 45.9 Å². The zero-order chi connectivity index (χ0) is 22.0. The van der Waals surface area contributed by atoms with Gasteiger partial charge >= 0.3 is 0 Å². The van der Waals surface area contributed by atoms with Crippen molar-refractivity contribution in [3.8, 4) is 5.75 Å². The van der Waals surface area contributed by atoms with Crippen molar-refractivity contribution < 1.29 is 23.6 Å². The van der Waals surface area contributed by atoms with E-state index in [1.807, 2.05) is 38.1 Å². The van der Waals surface area contributed by atoms with Crippen LogP contribution in [0, 0.1) is 19.8 Å². The standard InChI is InChI=1S/C23H29N3O5/c1-15-21(16(2)31-24-15)14-30-20-11-25(10-17-4-8-19(29-3)9-5-17)22(27)13-26(12-20)23(28)18-6-7-18/h4-5,8-9,18,20H,6-7,10-14H2,1-3H3. The molecule has 2 heterocycles. The molecule has 4 rings (SSSR count). The largest absolute Gasteiger partial charge is 0.497 e. The molecule has 1 atom stereocenters. The Morgan fingerprint density at radius 3 is 2.55 bits per heavy atom. The highest BCUT2D eigenvalue weighted by Gasteiger charge is 2.38. The molecule has 8 heteroatoms. The first-order chi connectivity index (χ1) is 14.9. The lowest BCUT2D eigenvalue weighted by Gasteiger charge is -2.25. The quantitative estimate of drug-likeness (QED) is 0.675. The number of aromatic nitrogens is 1. The van der Waals surface area contributed by atoms with Gasteiger partial charge in [-0.2, -0.15) is 0 Å². The number of nitrogens with zero attached hydrogens (tertiary/aromatic N) is 3. The molecule has 0 spiro atoms. The number of hydrogen-bond donors (Lipinski definition) is 0. The van der Waals surface area contributed by atoms with E-state index < -0.39 is 0 Å². The minimum atomic E-state index is -0.291. The van der Waals surface area contributed by atoms with Gasteiger partial charge in [-0.3, -0.25) is 9.59 Å². The molecule has 166 valence electrons. The fourth-order valence-corrected chi connectivity index (χ4v) is 3.85. The van der Waals surface area contributed by atoms with E-state index in [2.05, 4.69) is 5.16 Å². The summed E-state index contributed by atoms with van der Waals surface area (Å²) >= 11 is 0. The number of benzene rings is 1. The minimum Gasteiger partial charge on any atom is -0.497 e. The summed E-state index contributed by atoms with van der Waals surface area (Å²) in [6.07, 6.45) is 1.52. The summed E-state index contributed by atoms with van der Waals surface area (Å²) in [5.74, 6) is 1.55. The first-order valence-electron chi connectivity index (χ1n) is 10.7. The average molecular weight is 428 g/mol. The van der Waals surface area contributed by atoms with Crippen molar-refractivity contribution in [2.75, 3.05) is 26.7 Å². The summed E-state index contributed by atoms with van der Waals surface area (Å²) in [4.78, 5) is 29.2. The van der Waals surface area contributed by atoms with Gasteiger partial charge in [0, 0.05) is 31.1 Å². The van der Waals surface area contributed by atoms with E-state index in [4.69, 9.17) is 14.0 Å². The van der Waals surface area contributed by atoms with Gasteiger partial charge in [-0.15, -0.1) is 0 Å². The maximum Gasteiger partial charge on any atom is 0.242 e. The second-order valence-corrected chi connectivity index (χ2v) is 8.35. The highest BCUT2D eigenvalue weighted by atomic mass is 16.5. The maximum absolute atomic E-state index is 13.0. The topological polar surface area (TPSA) is 85.1 Å². The summed E-state index contributed by atoms with van der Waals surface area (Å²) in [7, 11) is 1.62. The molecule has 2 aromatic rings. The van der Waals surface area contributed by atoms with Gasteiger partial charge in [-0.05, 0) is 44.4 Å². The highest BCUT2D eigenvalue weighted by Crippen LogP contribution is 2.31. The van der Waals surface area contributed by atoms with Gasteiger partial charge in [0.25, 0.3) is 0 Å². The number of ether oxygens (including phenoxy) is 2. The number of carbonyl (C=O) groups excluding carboxylic acids is 2. The lowest BCUT2D eigenvalue weighted by atomic mass is 10.2. The average Bonchev–Trinajstić information content (AvgIpc) is 3.58. The molecule has 2 amide bonds.